The van der Waals surface area contributed by atoms with Gasteiger partial charge in [-0.25, -0.2) is 0 Å². The molecular weight excluding hydrogens is 246 g/mol. The van der Waals surface area contributed by atoms with Gasteiger partial charge in [0.25, 0.3) is 0 Å². The fraction of sp³-hybridized carbons (Fsp3) is 0.600. The largest absolute Gasteiger partial charge is 0.396 e. The summed E-state index contributed by atoms with van der Waals surface area (Å²) in [7, 11) is 0. The van der Waals surface area contributed by atoms with Crippen molar-refractivity contribution >= 4 is 11.6 Å². The minimum atomic E-state index is 0.000680. The number of aliphatic hydroxyl groups excluding tert-OH is 1. The predicted octanol–water partition coefficient (Wildman–Crippen LogP) is 3.79. The molecule has 0 bridgehead atoms. The number of nitrogens with one attached hydrogen (secondary N) is 1. The second kappa shape index (κ2) is 7.13. The maximum atomic E-state index is 9.54. The molecule has 0 spiro atoms. The highest BCUT2D eigenvalue weighted by Crippen LogP contribution is 2.26. The standard InChI is InChI=1S/C15H24ClNO/c1-4-15(5-2,11-18)10-17-12(3)13-6-8-14(16)9-7-13/h6-9,12,17-18H,4-5,10-11H2,1-3H3/t12-/m0/s1. The average Bonchev–Trinajstić information content (AvgIpc) is 2.41. The van der Waals surface area contributed by atoms with E-state index in [-0.39, 0.29) is 18.1 Å². The van der Waals surface area contributed by atoms with Crippen LogP contribution in [-0.4, -0.2) is 18.3 Å². The van der Waals surface area contributed by atoms with Crippen molar-refractivity contribution < 1.29 is 5.11 Å². The van der Waals surface area contributed by atoms with E-state index >= 15 is 0 Å². The lowest BCUT2D eigenvalue weighted by atomic mass is 9.83. The molecule has 1 aromatic rings. The van der Waals surface area contributed by atoms with Gasteiger partial charge < -0.3 is 10.4 Å². The molecule has 18 heavy (non-hydrogen) atoms. The number of hydrogen-bond donors (Lipinski definition) is 2. The topological polar surface area (TPSA) is 32.3 Å². The Morgan fingerprint density at radius 3 is 2.22 bits per heavy atom. The van der Waals surface area contributed by atoms with E-state index in [0.717, 1.165) is 24.4 Å². The molecule has 0 aliphatic rings. The lowest BCUT2D eigenvalue weighted by Crippen LogP contribution is -2.37. The van der Waals surface area contributed by atoms with Gasteiger partial charge >= 0.3 is 0 Å². The van der Waals surface area contributed by atoms with Crippen LogP contribution in [0.15, 0.2) is 24.3 Å². The van der Waals surface area contributed by atoms with E-state index in [0.29, 0.717) is 0 Å². The van der Waals surface area contributed by atoms with Gasteiger partial charge in [0.1, 0.15) is 0 Å². The zero-order chi connectivity index (χ0) is 13.6. The van der Waals surface area contributed by atoms with Crippen molar-refractivity contribution in [1.82, 2.24) is 5.32 Å². The molecule has 0 fully saturated rings. The molecule has 0 aliphatic heterocycles. The second-order valence-corrected chi connectivity index (χ2v) is 5.46. The summed E-state index contributed by atoms with van der Waals surface area (Å²) in [5, 5.41) is 13.8. The fourth-order valence-electron chi connectivity index (χ4n) is 2.02. The van der Waals surface area contributed by atoms with E-state index in [9.17, 15) is 5.11 Å². The van der Waals surface area contributed by atoms with Crippen molar-refractivity contribution in [2.75, 3.05) is 13.2 Å². The summed E-state index contributed by atoms with van der Waals surface area (Å²) < 4.78 is 0. The number of rotatable bonds is 7. The number of halogens is 1. The maximum Gasteiger partial charge on any atom is 0.0499 e. The number of aliphatic hydroxyl groups is 1. The number of benzene rings is 1. The van der Waals surface area contributed by atoms with Gasteiger partial charge in [-0.2, -0.15) is 0 Å². The fourth-order valence-corrected chi connectivity index (χ4v) is 2.14. The van der Waals surface area contributed by atoms with Gasteiger partial charge in [-0.3, -0.25) is 0 Å². The van der Waals surface area contributed by atoms with Crippen molar-refractivity contribution in [3.8, 4) is 0 Å². The first-order valence-electron chi connectivity index (χ1n) is 6.66. The molecule has 2 N–H and O–H groups in total. The highest BCUT2D eigenvalue weighted by Gasteiger charge is 2.25. The predicted molar refractivity (Wildman–Crippen MR) is 78.0 cm³/mol. The van der Waals surface area contributed by atoms with Gasteiger partial charge in [0.05, 0.1) is 0 Å². The highest BCUT2D eigenvalue weighted by atomic mass is 35.5. The van der Waals surface area contributed by atoms with Gasteiger partial charge in [0.2, 0.25) is 0 Å². The zero-order valence-corrected chi connectivity index (χ0v) is 12.3. The third-order valence-electron chi connectivity index (χ3n) is 3.99. The van der Waals surface area contributed by atoms with E-state index < -0.39 is 0 Å². The molecule has 0 heterocycles. The van der Waals surface area contributed by atoms with Crippen LogP contribution in [0.5, 0.6) is 0 Å². The lowest BCUT2D eigenvalue weighted by molar-refractivity contribution is 0.110. The molecule has 1 atom stereocenters. The van der Waals surface area contributed by atoms with Crippen LogP contribution >= 0.6 is 11.6 Å². The number of hydrogen-bond acceptors (Lipinski definition) is 2. The first-order valence-corrected chi connectivity index (χ1v) is 7.04. The van der Waals surface area contributed by atoms with Gasteiger partial charge in [-0.05, 0) is 37.5 Å². The van der Waals surface area contributed by atoms with Crippen molar-refractivity contribution in [2.24, 2.45) is 5.41 Å². The van der Waals surface area contributed by atoms with Crippen molar-refractivity contribution in [3.05, 3.63) is 34.9 Å². The van der Waals surface area contributed by atoms with Crippen molar-refractivity contribution in [2.45, 2.75) is 39.7 Å². The Hall–Kier alpha value is -0.570. The van der Waals surface area contributed by atoms with E-state index in [4.69, 9.17) is 11.6 Å². The van der Waals surface area contributed by atoms with Crippen LogP contribution in [0, 0.1) is 5.41 Å². The Kier molecular flexibility index (Phi) is 6.13. The van der Waals surface area contributed by atoms with Crippen LogP contribution < -0.4 is 5.32 Å². The first-order chi connectivity index (χ1) is 8.56. The molecule has 0 saturated heterocycles. The van der Waals surface area contributed by atoms with E-state index in [2.05, 4.69) is 26.1 Å². The molecule has 0 radical (unpaired) electrons. The van der Waals surface area contributed by atoms with Gasteiger partial charge in [-0.15, -0.1) is 0 Å². The maximum absolute atomic E-state index is 9.54. The Morgan fingerprint density at radius 1 is 1.22 bits per heavy atom. The smallest absolute Gasteiger partial charge is 0.0499 e. The van der Waals surface area contributed by atoms with Crippen LogP contribution in [0.4, 0.5) is 0 Å². The summed E-state index contributed by atoms with van der Waals surface area (Å²) >= 11 is 5.88. The SMILES string of the molecule is CCC(CC)(CO)CN[C@@H](C)c1ccc(Cl)cc1. The van der Waals surface area contributed by atoms with Crippen LogP contribution in [-0.2, 0) is 0 Å². The Labute approximate surface area is 115 Å². The van der Waals surface area contributed by atoms with E-state index in [1.54, 1.807) is 0 Å². The third kappa shape index (κ3) is 3.98. The van der Waals surface area contributed by atoms with Crippen molar-refractivity contribution in [1.29, 1.82) is 0 Å². The molecule has 0 aromatic heterocycles. The summed E-state index contributed by atoms with van der Waals surface area (Å²) in [4.78, 5) is 0. The molecular formula is C15H24ClNO. The third-order valence-corrected chi connectivity index (χ3v) is 4.24. The monoisotopic (exact) mass is 269 g/mol. The van der Waals surface area contributed by atoms with Crippen molar-refractivity contribution in [3.63, 3.8) is 0 Å². The van der Waals surface area contributed by atoms with Gasteiger partial charge in [-0.1, -0.05) is 37.6 Å². The lowest BCUT2D eigenvalue weighted by Gasteiger charge is -2.31. The summed E-state index contributed by atoms with van der Waals surface area (Å²) in [5.41, 5.74) is 1.22. The summed E-state index contributed by atoms with van der Waals surface area (Å²) in [6.45, 7) is 7.47. The Balaban J connectivity index is 2.59. The normalized spacial score (nSPS) is 13.6. The molecule has 0 amide bonds. The highest BCUT2D eigenvalue weighted by molar-refractivity contribution is 6.30. The quantitative estimate of drug-likeness (QED) is 0.789. The van der Waals surface area contributed by atoms with Crippen LogP contribution in [0.3, 0.4) is 0 Å². The van der Waals surface area contributed by atoms with E-state index in [1.165, 1.54) is 5.56 Å². The second-order valence-electron chi connectivity index (χ2n) is 5.02. The minimum Gasteiger partial charge on any atom is -0.396 e. The Morgan fingerprint density at radius 2 is 1.78 bits per heavy atom. The molecule has 1 rings (SSSR count). The van der Waals surface area contributed by atoms with E-state index in [1.807, 2.05) is 24.3 Å². The summed E-state index contributed by atoms with van der Waals surface area (Å²) in [5.74, 6) is 0. The minimum absolute atomic E-state index is 0.000680. The Bertz CT molecular complexity index is 338. The van der Waals surface area contributed by atoms with Crippen LogP contribution in [0.1, 0.15) is 45.2 Å². The first kappa shape index (κ1) is 15.5. The molecule has 0 aliphatic carbocycles. The molecule has 102 valence electrons. The summed E-state index contributed by atoms with van der Waals surface area (Å²) in [6, 6.07) is 8.17. The molecule has 1 aromatic carbocycles. The van der Waals surface area contributed by atoms with Gasteiger partial charge in [0.15, 0.2) is 0 Å². The van der Waals surface area contributed by atoms with Gasteiger partial charge in [0, 0.05) is 29.6 Å². The van der Waals surface area contributed by atoms with Crippen LogP contribution in [0.25, 0.3) is 0 Å². The molecule has 0 saturated carbocycles. The average molecular weight is 270 g/mol. The summed E-state index contributed by atoms with van der Waals surface area (Å²) in [6.07, 6.45) is 1.97. The molecule has 0 unspecified atom stereocenters. The molecule has 2 nitrogen and oxygen atoms in total. The molecule has 3 heteroatoms. The zero-order valence-electron chi connectivity index (χ0n) is 11.5. The van der Waals surface area contributed by atoms with Crippen LogP contribution in [0.2, 0.25) is 5.02 Å².